The van der Waals surface area contributed by atoms with Gasteiger partial charge in [-0.1, -0.05) is 20.8 Å². The third kappa shape index (κ3) is 1.82. The van der Waals surface area contributed by atoms with Gasteiger partial charge in [-0.2, -0.15) is 0 Å². The highest BCUT2D eigenvalue weighted by atomic mass is 16.3. The Labute approximate surface area is 87.2 Å². The summed E-state index contributed by atoms with van der Waals surface area (Å²) in [5.74, 6) is 2.31. The van der Waals surface area contributed by atoms with E-state index in [-0.39, 0.29) is 0 Å². The molecule has 1 rings (SSSR count). The van der Waals surface area contributed by atoms with Crippen LogP contribution in [0.4, 0.5) is 0 Å². The second-order valence-electron chi connectivity index (χ2n) is 3.74. The second-order valence-corrected chi connectivity index (χ2v) is 3.74. The lowest BCUT2D eigenvalue weighted by Crippen LogP contribution is -2.01. The molecule has 0 unspecified atom stereocenters. The molecule has 0 aliphatic carbocycles. The first-order chi connectivity index (χ1) is 6.65. The Balaban J connectivity index is 3.39. The van der Waals surface area contributed by atoms with E-state index >= 15 is 0 Å². The first-order valence-electron chi connectivity index (χ1n) is 5.59. The van der Waals surface area contributed by atoms with Crippen LogP contribution in [0.3, 0.4) is 0 Å². The molecule has 0 bridgehead atoms. The maximum Gasteiger partial charge on any atom is 0.332 e. The Morgan fingerprint density at radius 1 is 0.786 bits per heavy atom. The third-order valence-corrected chi connectivity index (χ3v) is 2.98. The first-order valence-corrected chi connectivity index (χ1v) is 5.59. The molecule has 0 N–H and O–H groups in total. The van der Waals surface area contributed by atoms with Crippen LogP contribution in [0.2, 0.25) is 0 Å². The van der Waals surface area contributed by atoms with Gasteiger partial charge in [0.1, 0.15) is 0 Å². The van der Waals surface area contributed by atoms with E-state index in [0.717, 1.165) is 30.8 Å². The Bertz CT molecular complexity index is 298. The van der Waals surface area contributed by atoms with Crippen molar-refractivity contribution < 1.29 is 4.42 Å². The minimum Gasteiger partial charge on any atom is -0.217 e. The molecule has 0 atom stereocenters. The molecule has 78 valence electrons. The molecule has 14 heavy (non-hydrogen) atoms. The van der Waals surface area contributed by atoms with Gasteiger partial charge >= 0.3 is 11.5 Å². The van der Waals surface area contributed by atoms with E-state index in [1.807, 2.05) is 0 Å². The minimum absolute atomic E-state index is 0.992. The van der Waals surface area contributed by atoms with Crippen LogP contribution in [-0.4, -0.2) is 0 Å². The van der Waals surface area contributed by atoms with Crippen molar-refractivity contribution in [3.05, 3.63) is 28.2 Å². The fourth-order valence-electron chi connectivity index (χ4n) is 2.12. The van der Waals surface area contributed by atoms with E-state index < -0.39 is 0 Å². The summed E-state index contributed by atoms with van der Waals surface area (Å²) in [4.78, 5) is 0. The van der Waals surface area contributed by atoms with Gasteiger partial charge in [0.05, 0.1) is 24.0 Å². The highest BCUT2D eigenvalue weighted by Gasteiger charge is 2.21. The van der Waals surface area contributed by atoms with Crippen LogP contribution in [0.1, 0.15) is 49.0 Å². The average molecular weight is 199 g/mol. The van der Waals surface area contributed by atoms with E-state index in [1.54, 1.807) is 0 Å². The Morgan fingerprint density at radius 2 is 1.21 bits per heavy atom. The molecule has 0 aliphatic heterocycles. The zero-order valence-electron chi connectivity index (χ0n) is 10.0. The van der Waals surface area contributed by atoms with Crippen molar-refractivity contribution in [3.63, 3.8) is 0 Å². The van der Waals surface area contributed by atoms with Gasteiger partial charge in [0.15, 0.2) is 0 Å². The van der Waals surface area contributed by atoms with E-state index in [9.17, 15) is 0 Å². The summed E-state index contributed by atoms with van der Waals surface area (Å²) in [6.07, 6.45) is 3.09. The summed E-state index contributed by atoms with van der Waals surface area (Å²) < 4.78 is 5.88. The van der Waals surface area contributed by atoms with Gasteiger partial charge in [-0.3, -0.25) is 0 Å². The second kappa shape index (κ2) is 4.59. The molecule has 1 aromatic rings. The highest BCUT2D eigenvalue weighted by molar-refractivity contribution is 5.36. The quantitative estimate of drug-likeness (QED) is 0.531. The first kappa shape index (κ1) is 11.2. The molecule has 0 amide bonds. The van der Waals surface area contributed by atoms with Crippen molar-refractivity contribution in [2.75, 3.05) is 0 Å². The highest BCUT2D eigenvalue weighted by Crippen LogP contribution is 2.23. The van der Waals surface area contributed by atoms with Gasteiger partial charge in [0.25, 0.3) is 0 Å². The summed E-state index contributed by atoms with van der Waals surface area (Å²) in [5, 5.41) is 0. The summed E-state index contributed by atoms with van der Waals surface area (Å²) in [6, 6.07) is 0. The molecule has 1 aromatic heterocycles. The van der Waals surface area contributed by atoms with Gasteiger partial charge in [-0.25, -0.2) is 4.42 Å². The molecule has 1 nitrogen and oxygen atoms in total. The van der Waals surface area contributed by atoms with Crippen LogP contribution in [0, 0.1) is 13.8 Å². The van der Waals surface area contributed by atoms with Crippen LogP contribution < -0.4 is 0 Å². The molecule has 1 heteroatoms. The Morgan fingerprint density at radius 3 is 1.50 bits per heavy atom. The van der Waals surface area contributed by atoms with Crippen LogP contribution in [0.5, 0.6) is 0 Å². The van der Waals surface area contributed by atoms with Gasteiger partial charge in [0, 0.05) is 0 Å². The van der Waals surface area contributed by atoms with Crippen LogP contribution in [0.25, 0.3) is 0 Å². The molecular formula is C13H21O+. The van der Waals surface area contributed by atoms with E-state index in [1.165, 1.54) is 16.7 Å². The summed E-state index contributed by atoms with van der Waals surface area (Å²) in [5.41, 5.74) is 4.18. The van der Waals surface area contributed by atoms with Crippen molar-refractivity contribution in [1.29, 1.82) is 0 Å². The molecule has 0 aliphatic rings. The third-order valence-electron chi connectivity index (χ3n) is 2.98. The lowest BCUT2D eigenvalue weighted by molar-refractivity contribution is 0.444. The van der Waals surface area contributed by atoms with Crippen LogP contribution in [0.15, 0.2) is 4.42 Å². The number of rotatable bonds is 3. The maximum atomic E-state index is 5.88. The predicted octanol–water partition coefficient (Wildman–Crippen LogP) is 3.86. The SMILES string of the molecule is CCc1[o+]c(CC)[13c]([13CH3])c([13CH2][13CH3])[13c]1[13CH3]. The molecule has 0 saturated carbocycles. The lowest BCUT2D eigenvalue weighted by Gasteiger charge is -2.05. The molecule has 0 fully saturated rings. The number of aryl methyl sites for hydroxylation is 2. The smallest absolute Gasteiger partial charge is 0.217 e. The van der Waals surface area contributed by atoms with Gasteiger partial charge in [-0.05, 0) is 25.8 Å². The predicted molar refractivity (Wildman–Crippen MR) is 60.7 cm³/mol. The van der Waals surface area contributed by atoms with Crippen molar-refractivity contribution in [2.45, 2.75) is 53.9 Å². The fraction of sp³-hybridized carbons (Fsp3) is 0.615. The van der Waals surface area contributed by atoms with Crippen molar-refractivity contribution in [2.24, 2.45) is 0 Å². The van der Waals surface area contributed by atoms with Crippen molar-refractivity contribution in [3.8, 4) is 0 Å². The zero-order chi connectivity index (χ0) is 10.7. The average Bonchev–Trinajstić information content (AvgIpc) is 2.19. The standard InChI is InChI=1S/C13H21O/c1-6-11-9(4)12(7-2)14-13(8-3)10(11)5/h6-8H2,1-5H3/q+1/i1+1,4+1,5+1,6+1,9+1,10+1. The summed E-state index contributed by atoms with van der Waals surface area (Å²) in [7, 11) is 0. The lowest BCUT2D eigenvalue weighted by atomic mass is 10.3. The zero-order valence-corrected chi connectivity index (χ0v) is 10.0. The monoisotopic (exact) mass is 199 g/mol. The van der Waals surface area contributed by atoms with Gasteiger partial charge < -0.3 is 0 Å². The van der Waals surface area contributed by atoms with E-state index in [4.69, 9.17) is 4.42 Å². The Kier molecular flexibility index (Phi) is 3.68. The van der Waals surface area contributed by atoms with Crippen LogP contribution >= 0.6 is 0 Å². The van der Waals surface area contributed by atoms with Crippen molar-refractivity contribution in [1.82, 2.24) is 0 Å². The Hall–Kier alpha value is -0.850. The summed E-state index contributed by atoms with van der Waals surface area (Å²) in [6.45, 7) is 10.9. The van der Waals surface area contributed by atoms with Gasteiger partial charge in [0.2, 0.25) is 0 Å². The topological polar surface area (TPSA) is 11.3 Å². The van der Waals surface area contributed by atoms with E-state index in [2.05, 4.69) is 34.6 Å². The molecule has 0 spiro atoms. The molecular weight excluding hydrogens is 178 g/mol. The maximum absolute atomic E-state index is 5.88. The largest absolute Gasteiger partial charge is 0.332 e. The van der Waals surface area contributed by atoms with Gasteiger partial charge in [-0.15, -0.1) is 0 Å². The fourth-order valence-corrected chi connectivity index (χ4v) is 2.12. The molecule has 1 heterocycles. The van der Waals surface area contributed by atoms with Crippen LogP contribution in [-0.2, 0) is 19.3 Å². The molecule has 0 saturated heterocycles. The minimum atomic E-state index is 0.992. The number of hydrogen-bond acceptors (Lipinski definition) is 0. The normalized spacial score (nSPS) is 10.6. The molecule has 0 aromatic carbocycles. The molecule has 0 radical (unpaired) electrons. The van der Waals surface area contributed by atoms with Crippen molar-refractivity contribution >= 4 is 0 Å². The van der Waals surface area contributed by atoms with E-state index in [0.29, 0.717) is 0 Å². The summed E-state index contributed by atoms with van der Waals surface area (Å²) >= 11 is 0. The number of hydrogen-bond donors (Lipinski definition) is 0.